The van der Waals surface area contributed by atoms with Gasteiger partial charge in [0.05, 0.1) is 16.8 Å². The summed E-state index contributed by atoms with van der Waals surface area (Å²) >= 11 is 5.86. The molecule has 0 atom stereocenters. The molecule has 0 unspecified atom stereocenters. The molecule has 0 saturated heterocycles. The zero-order valence-electron chi connectivity index (χ0n) is 15.1. The van der Waals surface area contributed by atoms with E-state index < -0.39 is 11.9 Å². The number of aromatic carboxylic acids is 1. The number of anilines is 1. The third-order valence-electron chi connectivity index (χ3n) is 4.52. The van der Waals surface area contributed by atoms with Gasteiger partial charge in [-0.25, -0.2) is 4.79 Å². The number of rotatable bonds is 4. The molecular formula is C23H16ClN2NaO3. The van der Waals surface area contributed by atoms with Crippen molar-refractivity contribution in [1.82, 2.24) is 4.98 Å². The van der Waals surface area contributed by atoms with Gasteiger partial charge < -0.3 is 10.4 Å². The van der Waals surface area contributed by atoms with Crippen LogP contribution < -0.4 is 5.32 Å². The fourth-order valence-corrected chi connectivity index (χ4v) is 3.26. The fraction of sp³-hybridized carbons (Fsp3) is 0. The number of benzene rings is 3. The molecule has 0 radical (unpaired) electrons. The second-order valence-corrected chi connectivity index (χ2v) is 6.88. The number of amides is 1. The first kappa shape index (κ1) is 22.0. The van der Waals surface area contributed by atoms with Gasteiger partial charge in [0, 0.05) is 22.2 Å². The molecule has 4 rings (SSSR count). The van der Waals surface area contributed by atoms with Crippen LogP contribution in [0.1, 0.15) is 20.7 Å². The molecule has 7 heteroatoms. The molecule has 5 nitrogen and oxygen atoms in total. The first-order valence-corrected chi connectivity index (χ1v) is 9.18. The molecule has 0 bridgehead atoms. The van der Waals surface area contributed by atoms with Crippen LogP contribution in [-0.4, -0.2) is 51.5 Å². The Morgan fingerprint density at radius 1 is 0.900 bits per heavy atom. The van der Waals surface area contributed by atoms with Gasteiger partial charge in [0.25, 0.3) is 5.91 Å². The first-order chi connectivity index (χ1) is 14.0. The number of nitrogens with zero attached hydrogens (tertiary/aromatic N) is 1. The molecule has 144 valence electrons. The van der Waals surface area contributed by atoms with Gasteiger partial charge in [0.15, 0.2) is 0 Å². The zero-order valence-corrected chi connectivity index (χ0v) is 15.9. The van der Waals surface area contributed by atoms with Gasteiger partial charge in [-0.3, -0.25) is 9.78 Å². The van der Waals surface area contributed by atoms with Gasteiger partial charge in [0.2, 0.25) is 0 Å². The molecule has 0 aliphatic rings. The maximum atomic E-state index is 12.7. The van der Waals surface area contributed by atoms with Crippen LogP contribution >= 0.6 is 11.6 Å². The maximum absolute atomic E-state index is 12.7. The van der Waals surface area contributed by atoms with Crippen LogP contribution in [0.5, 0.6) is 0 Å². The van der Waals surface area contributed by atoms with Crippen molar-refractivity contribution in [2.75, 3.05) is 5.32 Å². The second-order valence-electron chi connectivity index (χ2n) is 6.44. The predicted molar refractivity (Wildman–Crippen MR) is 121 cm³/mol. The summed E-state index contributed by atoms with van der Waals surface area (Å²) in [7, 11) is 0. The molecule has 1 aromatic heterocycles. The van der Waals surface area contributed by atoms with Crippen molar-refractivity contribution in [2.24, 2.45) is 0 Å². The van der Waals surface area contributed by atoms with Crippen molar-refractivity contribution in [3.63, 3.8) is 0 Å². The Labute approximate surface area is 200 Å². The van der Waals surface area contributed by atoms with Crippen molar-refractivity contribution in [3.8, 4) is 11.1 Å². The summed E-state index contributed by atoms with van der Waals surface area (Å²) in [5, 5.41) is 13.3. The molecule has 0 saturated carbocycles. The van der Waals surface area contributed by atoms with Gasteiger partial charge in [-0.15, -0.1) is 0 Å². The number of carbonyl (C=O) groups excluding carboxylic acids is 1. The molecular weight excluding hydrogens is 411 g/mol. The molecule has 3 aromatic carbocycles. The standard InChI is InChI=1S/C23H15ClN2O3.Na.H/c24-18-7-9-21(19(13-18)23(28)29)26-22(27)17-4-1-3-14(12-17)15-6-8-20-16(11-15)5-2-10-25-20;;/h1-13H,(H,26,27)(H,28,29);;. The Hall–Kier alpha value is -2.70. The summed E-state index contributed by atoms with van der Waals surface area (Å²) in [5.74, 6) is -1.57. The zero-order chi connectivity index (χ0) is 20.4. The third-order valence-corrected chi connectivity index (χ3v) is 4.76. The number of pyridine rings is 1. The second kappa shape index (κ2) is 9.41. The van der Waals surface area contributed by atoms with E-state index in [9.17, 15) is 14.7 Å². The van der Waals surface area contributed by atoms with Crippen LogP contribution in [0.4, 0.5) is 5.69 Å². The van der Waals surface area contributed by atoms with Gasteiger partial charge in [-0.2, -0.15) is 0 Å². The van der Waals surface area contributed by atoms with E-state index in [-0.39, 0.29) is 45.8 Å². The quantitative estimate of drug-likeness (QED) is 0.457. The number of halogens is 1. The van der Waals surface area contributed by atoms with Crippen molar-refractivity contribution in [3.05, 3.63) is 95.1 Å². The van der Waals surface area contributed by atoms with Crippen molar-refractivity contribution >= 4 is 69.6 Å². The number of hydrogen-bond donors (Lipinski definition) is 2. The number of carbonyl (C=O) groups is 2. The van der Waals surface area contributed by atoms with Crippen LogP contribution in [0, 0.1) is 0 Å². The minimum absolute atomic E-state index is 0. The van der Waals surface area contributed by atoms with Crippen molar-refractivity contribution in [2.45, 2.75) is 0 Å². The summed E-state index contributed by atoms with van der Waals surface area (Å²) in [6.45, 7) is 0. The topological polar surface area (TPSA) is 79.3 Å². The van der Waals surface area contributed by atoms with Crippen LogP contribution in [0.3, 0.4) is 0 Å². The van der Waals surface area contributed by atoms with E-state index in [2.05, 4.69) is 10.3 Å². The number of hydrogen-bond acceptors (Lipinski definition) is 3. The Bertz CT molecular complexity index is 1260. The molecule has 0 spiro atoms. The van der Waals surface area contributed by atoms with E-state index in [1.165, 1.54) is 18.2 Å². The van der Waals surface area contributed by atoms with E-state index in [1.807, 2.05) is 36.4 Å². The fourth-order valence-electron chi connectivity index (χ4n) is 3.09. The molecule has 0 aliphatic heterocycles. The number of carboxylic acids is 1. The van der Waals surface area contributed by atoms with Crippen LogP contribution in [0.2, 0.25) is 5.02 Å². The number of carboxylic acid groups (broad SMARTS) is 1. The van der Waals surface area contributed by atoms with Crippen molar-refractivity contribution < 1.29 is 14.7 Å². The minimum atomic E-state index is -1.17. The first-order valence-electron chi connectivity index (χ1n) is 8.81. The molecule has 0 aliphatic carbocycles. The molecule has 1 amide bonds. The molecule has 30 heavy (non-hydrogen) atoms. The number of nitrogens with one attached hydrogen (secondary N) is 1. The van der Waals surface area contributed by atoms with E-state index >= 15 is 0 Å². The van der Waals surface area contributed by atoms with E-state index in [0.29, 0.717) is 5.56 Å². The Balaban J connectivity index is 0.00000256. The number of aromatic nitrogens is 1. The van der Waals surface area contributed by atoms with Crippen LogP contribution in [0.15, 0.2) is 79.0 Å². The average molecular weight is 427 g/mol. The third kappa shape index (κ3) is 4.71. The van der Waals surface area contributed by atoms with E-state index in [1.54, 1.807) is 24.4 Å². The molecule has 4 aromatic rings. The van der Waals surface area contributed by atoms with Gasteiger partial charge in [-0.05, 0) is 59.7 Å². The van der Waals surface area contributed by atoms with Gasteiger partial charge in [-0.1, -0.05) is 35.9 Å². The van der Waals surface area contributed by atoms with Gasteiger partial charge >= 0.3 is 35.5 Å². The number of fused-ring (bicyclic) bond motifs is 1. The Kier molecular flexibility index (Phi) is 6.90. The Morgan fingerprint density at radius 3 is 2.50 bits per heavy atom. The summed E-state index contributed by atoms with van der Waals surface area (Å²) in [6, 6.07) is 21.2. The summed E-state index contributed by atoms with van der Waals surface area (Å²) in [4.78, 5) is 28.5. The van der Waals surface area contributed by atoms with Gasteiger partial charge in [0.1, 0.15) is 0 Å². The van der Waals surface area contributed by atoms with E-state index in [4.69, 9.17) is 11.6 Å². The van der Waals surface area contributed by atoms with Crippen LogP contribution in [-0.2, 0) is 0 Å². The normalized spacial score (nSPS) is 10.3. The molecule has 2 N–H and O–H groups in total. The monoisotopic (exact) mass is 426 g/mol. The van der Waals surface area contributed by atoms with Crippen molar-refractivity contribution in [1.29, 1.82) is 0 Å². The molecule has 0 fully saturated rings. The SMILES string of the molecule is O=C(Nc1ccc(Cl)cc1C(=O)O)c1cccc(-c2ccc3ncccc3c2)c1.[NaH]. The summed E-state index contributed by atoms with van der Waals surface area (Å²) in [5.41, 5.74) is 3.27. The Morgan fingerprint density at radius 2 is 1.70 bits per heavy atom. The predicted octanol–water partition coefficient (Wildman–Crippen LogP) is 4.86. The van der Waals surface area contributed by atoms with Crippen LogP contribution in [0.25, 0.3) is 22.0 Å². The molecule has 1 heterocycles. The average Bonchev–Trinajstić information content (AvgIpc) is 2.74. The summed E-state index contributed by atoms with van der Waals surface area (Å²) in [6.07, 6.45) is 1.75. The van der Waals surface area contributed by atoms with E-state index in [0.717, 1.165) is 22.0 Å². The summed E-state index contributed by atoms with van der Waals surface area (Å²) < 4.78 is 0.